The molecule has 0 bridgehead atoms. The van der Waals surface area contributed by atoms with Crippen molar-refractivity contribution < 1.29 is 14.6 Å². The van der Waals surface area contributed by atoms with Gasteiger partial charge in [-0.05, 0) is 49.9 Å². The Morgan fingerprint density at radius 3 is 2.37 bits per heavy atom. The second-order valence-corrected chi connectivity index (χ2v) is 9.13. The van der Waals surface area contributed by atoms with Gasteiger partial charge in [-0.15, -0.1) is 0 Å². The molecule has 27 heavy (non-hydrogen) atoms. The molecule has 0 aromatic rings. The van der Waals surface area contributed by atoms with E-state index in [0.29, 0.717) is 18.1 Å². The number of esters is 1. The van der Waals surface area contributed by atoms with Crippen LogP contribution in [0.15, 0.2) is 12.2 Å². The predicted octanol–water partition coefficient (Wildman–Crippen LogP) is 6.15. The van der Waals surface area contributed by atoms with Crippen LogP contribution in [0.3, 0.4) is 0 Å². The third-order valence-corrected chi connectivity index (χ3v) is 6.81. The van der Waals surface area contributed by atoms with Crippen LogP contribution in [-0.4, -0.2) is 24.3 Å². The topological polar surface area (TPSA) is 46.5 Å². The van der Waals surface area contributed by atoms with Crippen molar-refractivity contribution in [2.45, 2.75) is 91.9 Å². The number of hydrogen-bond acceptors (Lipinski definition) is 3. The number of aliphatic hydroxyl groups is 1. The van der Waals surface area contributed by atoms with Gasteiger partial charge in [0.05, 0.1) is 6.61 Å². The van der Waals surface area contributed by atoms with Crippen LogP contribution in [0.25, 0.3) is 0 Å². The van der Waals surface area contributed by atoms with E-state index < -0.39 is 0 Å². The van der Waals surface area contributed by atoms with Crippen molar-refractivity contribution in [3.63, 3.8) is 0 Å². The molecule has 1 N–H and O–H groups in total. The normalized spacial score (nSPS) is 23.4. The predicted molar refractivity (Wildman–Crippen MR) is 114 cm³/mol. The first-order chi connectivity index (χ1) is 12.9. The lowest BCUT2D eigenvalue weighted by molar-refractivity contribution is -0.141. The summed E-state index contributed by atoms with van der Waals surface area (Å²) in [6.07, 6.45) is 13.5. The fourth-order valence-corrected chi connectivity index (χ4v) is 4.43. The third kappa shape index (κ3) is 9.27. The van der Waals surface area contributed by atoms with Gasteiger partial charge in [-0.3, -0.25) is 0 Å². The molecule has 1 aliphatic carbocycles. The first-order valence-electron chi connectivity index (χ1n) is 11.3. The molecule has 1 rings (SSSR count). The van der Waals surface area contributed by atoms with Crippen molar-refractivity contribution in [1.82, 2.24) is 0 Å². The zero-order chi connectivity index (χ0) is 20.2. The van der Waals surface area contributed by atoms with Crippen LogP contribution in [0.2, 0.25) is 0 Å². The van der Waals surface area contributed by atoms with Crippen molar-refractivity contribution >= 4 is 5.97 Å². The molecule has 3 nitrogen and oxygen atoms in total. The summed E-state index contributed by atoms with van der Waals surface area (Å²) in [6.45, 7) is 12.5. The van der Waals surface area contributed by atoms with Gasteiger partial charge in [-0.2, -0.15) is 0 Å². The monoisotopic (exact) mass is 380 g/mol. The number of carbonyl (C=O) groups is 1. The number of ether oxygens (including phenoxy) is 1. The zero-order valence-corrected chi connectivity index (χ0v) is 18.3. The Hall–Kier alpha value is -0.830. The van der Waals surface area contributed by atoms with Crippen LogP contribution >= 0.6 is 0 Å². The van der Waals surface area contributed by atoms with Gasteiger partial charge in [-0.25, -0.2) is 4.79 Å². The lowest BCUT2D eigenvalue weighted by Crippen LogP contribution is -2.25. The molecule has 0 heterocycles. The summed E-state index contributed by atoms with van der Waals surface area (Å²) >= 11 is 0. The molecular weight excluding hydrogens is 336 g/mol. The average Bonchev–Trinajstić information content (AvgIpc) is 2.67. The molecule has 0 aromatic heterocycles. The highest BCUT2D eigenvalue weighted by molar-refractivity contribution is 5.86. The van der Waals surface area contributed by atoms with E-state index >= 15 is 0 Å². The summed E-state index contributed by atoms with van der Waals surface area (Å²) in [5.41, 5.74) is 0.415. The molecule has 158 valence electrons. The molecule has 3 atom stereocenters. The molecule has 3 unspecified atom stereocenters. The van der Waals surface area contributed by atoms with E-state index in [2.05, 4.69) is 27.4 Å². The maximum atomic E-state index is 11.6. The van der Waals surface area contributed by atoms with Crippen molar-refractivity contribution in [1.29, 1.82) is 0 Å². The summed E-state index contributed by atoms with van der Waals surface area (Å²) in [5, 5.41) is 9.67. The Morgan fingerprint density at radius 1 is 1.15 bits per heavy atom. The van der Waals surface area contributed by atoms with Gasteiger partial charge in [0.25, 0.3) is 0 Å². The maximum Gasteiger partial charge on any atom is 0.333 e. The van der Waals surface area contributed by atoms with Gasteiger partial charge < -0.3 is 9.84 Å². The first kappa shape index (κ1) is 24.2. The van der Waals surface area contributed by atoms with E-state index in [0.717, 1.165) is 24.2 Å². The molecule has 0 spiro atoms. The Bertz CT molecular complexity index is 423. The fourth-order valence-electron chi connectivity index (χ4n) is 4.43. The minimum absolute atomic E-state index is 0.0230. The van der Waals surface area contributed by atoms with Crippen molar-refractivity contribution in [3.05, 3.63) is 12.2 Å². The smallest absolute Gasteiger partial charge is 0.333 e. The Kier molecular flexibility index (Phi) is 12.0. The third-order valence-electron chi connectivity index (χ3n) is 6.81. The highest BCUT2D eigenvalue weighted by atomic mass is 16.5. The number of rotatable bonds is 13. The molecule has 0 aromatic carbocycles. The van der Waals surface area contributed by atoms with Gasteiger partial charge >= 0.3 is 5.97 Å². The lowest BCUT2D eigenvalue weighted by Gasteiger charge is -2.33. The van der Waals surface area contributed by atoms with Crippen LogP contribution < -0.4 is 0 Å². The van der Waals surface area contributed by atoms with Gasteiger partial charge in [0.15, 0.2) is 0 Å². The molecule has 1 saturated carbocycles. The molecule has 0 saturated heterocycles. The van der Waals surface area contributed by atoms with Gasteiger partial charge in [0.1, 0.15) is 0 Å². The largest absolute Gasteiger partial charge is 0.462 e. The number of carbonyl (C=O) groups excluding carboxylic acids is 1. The van der Waals surface area contributed by atoms with E-state index in [4.69, 9.17) is 4.74 Å². The SMILES string of the molecule is C=C(C)C(=O)OCC(CO)C(C)CCC(C)C1CCC(CCCCC)CC1. The van der Waals surface area contributed by atoms with Crippen LogP contribution in [-0.2, 0) is 9.53 Å². The molecule has 3 heteroatoms. The quantitative estimate of drug-likeness (QED) is 0.237. The van der Waals surface area contributed by atoms with E-state index in [1.54, 1.807) is 6.92 Å². The van der Waals surface area contributed by atoms with Gasteiger partial charge in [0, 0.05) is 18.1 Å². The van der Waals surface area contributed by atoms with Gasteiger partial charge in [0.2, 0.25) is 0 Å². The highest BCUT2D eigenvalue weighted by Crippen LogP contribution is 2.37. The first-order valence-corrected chi connectivity index (χ1v) is 11.3. The van der Waals surface area contributed by atoms with Crippen LogP contribution in [0.1, 0.15) is 91.9 Å². The second-order valence-electron chi connectivity index (χ2n) is 9.13. The Balaban J connectivity index is 2.28. The number of unbranched alkanes of at least 4 members (excludes halogenated alkanes) is 2. The van der Waals surface area contributed by atoms with Crippen LogP contribution in [0.5, 0.6) is 0 Å². The van der Waals surface area contributed by atoms with E-state index in [-0.39, 0.29) is 18.5 Å². The van der Waals surface area contributed by atoms with Crippen LogP contribution in [0.4, 0.5) is 0 Å². The Labute approximate surface area is 168 Å². The van der Waals surface area contributed by atoms with Gasteiger partial charge in [-0.1, -0.05) is 72.3 Å². The fraction of sp³-hybridized carbons (Fsp3) is 0.875. The molecule has 1 aliphatic rings. The maximum absolute atomic E-state index is 11.6. The minimum atomic E-state index is -0.357. The van der Waals surface area contributed by atoms with E-state index in [9.17, 15) is 9.90 Å². The molecule has 0 radical (unpaired) electrons. The van der Waals surface area contributed by atoms with Crippen molar-refractivity contribution in [2.75, 3.05) is 13.2 Å². The zero-order valence-electron chi connectivity index (χ0n) is 18.3. The lowest BCUT2D eigenvalue weighted by atomic mass is 9.73. The molecule has 1 fully saturated rings. The summed E-state index contributed by atoms with van der Waals surface area (Å²) in [5.74, 6) is 2.62. The standard InChI is InChI=1S/C24H44O3/c1-6-7-8-9-21-12-14-22(15-13-21)19(4)10-11-20(5)23(16-25)17-27-24(26)18(2)3/h19-23,25H,2,6-17H2,1,3-5H3. The van der Waals surface area contributed by atoms with Crippen LogP contribution in [0, 0.1) is 29.6 Å². The van der Waals surface area contributed by atoms with Crippen molar-refractivity contribution in [2.24, 2.45) is 29.6 Å². The summed E-state index contributed by atoms with van der Waals surface area (Å²) in [4.78, 5) is 11.6. The summed E-state index contributed by atoms with van der Waals surface area (Å²) in [7, 11) is 0. The number of aliphatic hydroxyl groups excluding tert-OH is 1. The highest BCUT2D eigenvalue weighted by Gasteiger charge is 2.26. The van der Waals surface area contributed by atoms with E-state index in [1.807, 2.05) is 0 Å². The molecular formula is C24H44O3. The van der Waals surface area contributed by atoms with Crippen molar-refractivity contribution in [3.8, 4) is 0 Å². The molecule has 0 amide bonds. The van der Waals surface area contributed by atoms with E-state index in [1.165, 1.54) is 57.8 Å². The average molecular weight is 381 g/mol. The Morgan fingerprint density at radius 2 is 1.81 bits per heavy atom. The molecule has 0 aliphatic heterocycles. The number of hydrogen-bond donors (Lipinski definition) is 1. The summed E-state index contributed by atoms with van der Waals surface area (Å²) < 4.78 is 5.25. The minimum Gasteiger partial charge on any atom is -0.462 e. The summed E-state index contributed by atoms with van der Waals surface area (Å²) in [6, 6.07) is 0. The second kappa shape index (κ2) is 13.4.